The Morgan fingerprint density at radius 2 is 1.50 bits per heavy atom. The van der Waals surface area contributed by atoms with E-state index in [0.29, 0.717) is 0 Å². The zero-order valence-corrected chi connectivity index (χ0v) is 10.0. The van der Waals surface area contributed by atoms with Crippen LogP contribution in [0.5, 0.6) is 0 Å². The van der Waals surface area contributed by atoms with Crippen molar-refractivity contribution >= 4 is 0 Å². The zero-order chi connectivity index (χ0) is 11.9. The van der Waals surface area contributed by atoms with Gasteiger partial charge in [0, 0.05) is 18.1 Å². The highest BCUT2D eigenvalue weighted by Gasteiger charge is 2.17. The van der Waals surface area contributed by atoms with E-state index in [4.69, 9.17) is 0 Å². The Bertz CT molecular complexity index is 708. The summed E-state index contributed by atoms with van der Waals surface area (Å²) in [6.45, 7) is 0. The van der Waals surface area contributed by atoms with E-state index in [2.05, 4.69) is 71.6 Å². The van der Waals surface area contributed by atoms with Gasteiger partial charge in [-0.3, -0.25) is 0 Å². The van der Waals surface area contributed by atoms with Crippen LogP contribution < -0.4 is 0 Å². The topological polar surface area (TPSA) is 4.93 Å². The third kappa shape index (κ3) is 1.34. The van der Waals surface area contributed by atoms with Crippen molar-refractivity contribution in [1.29, 1.82) is 0 Å². The Morgan fingerprint density at radius 3 is 2.39 bits per heavy atom. The van der Waals surface area contributed by atoms with Gasteiger partial charge in [0.05, 0.1) is 0 Å². The van der Waals surface area contributed by atoms with Crippen molar-refractivity contribution < 1.29 is 0 Å². The molecule has 1 aliphatic carbocycles. The van der Waals surface area contributed by atoms with E-state index in [-0.39, 0.29) is 0 Å². The summed E-state index contributed by atoms with van der Waals surface area (Å²) in [5, 5.41) is 0. The highest BCUT2D eigenvalue weighted by atomic mass is 14.9. The Balaban J connectivity index is 1.87. The summed E-state index contributed by atoms with van der Waals surface area (Å²) < 4.78 is 2.16. The molecule has 1 nitrogen and oxygen atoms in total. The van der Waals surface area contributed by atoms with Gasteiger partial charge in [0.15, 0.2) is 0 Å². The molecule has 1 heterocycles. The third-order valence-corrected chi connectivity index (χ3v) is 3.68. The van der Waals surface area contributed by atoms with Gasteiger partial charge in [0.25, 0.3) is 0 Å². The molecule has 0 spiro atoms. The molecule has 0 saturated heterocycles. The molecular weight excluding hydrogens is 218 g/mol. The Morgan fingerprint density at radius 1 is 0.722 bits per heavy atom. The van der Waals surface area contributed by atoms with E-state index in [1.165, 1.54) is 27.9 Å². The molecule has 0 fully saturated rings. The van der Waals surface area contributed by atoms with E-state index in [1.807, 2.05) is 0 Å². The summed E-state index contributed by atoms with van der Waals surface area (Å²) in [7, 11) is 0. The molecule has 18 heavy (non-hydrogen) atoms. The number of hydrogen-bond donors (Lipinski definition) is 0. The quantitative estimate of drug-likeness (QED) is 0.466. The summed E-state index contributed by atoms with van der Waals surface area (Å²) in [4.78, 5) is 0. The molecule has 0 N–H and O–H groups in total. The van der Waals surface area contributed by atoms with Gasteiger partial charge in [-0.15, -0.1) is 0 Å². The minimum atomic E-state index is 1.06. The Hall–Kier alpha value is -2.28. The van der Waals surface area contributed by atoms with Gasteiger partial charge < -0.3 is 4.57 Å². The lowest BCUT2D eigenvalue weighted by molar-refractivity contribution is 1.07. The monoisotopic (exact) mass is 231 g/mol. The van der Waals surface area contributed by atoms with Crippen molar-refractivity contribution in [3.63, 3.8) is 0 Å². The summed E-state index contributed by atoms with van der Waals surface area (Å²) in [6, 6.07) is 19.5. The summed E-state index contributed by atoms with van der Waals surface area (Å²) in [5.74, 6) is 0. The lowest BCUT2D eigenvalue weighted by Crippen LogP contribution is -1.91. The first-order valence-corrected chi connectivity index (χ1v) is 6.26. The zero-order valence-electron chi connectivity index (χ0n) is 10.0. The van der Waals surface area contributed by atoms with Crippen molar-refractivity contribution in [3.05, 3.63) is 78.1 Å². The highest BCUT2D eigenvalue weighted by molar-refractivity contribution is 5.77. The summed E-state index contributed by atoms with van der Waals surface area (Å²) >= 11 is 0. The van der Waals surface area contributed by atoms with E-state index >= 15 is 0 Å². The first-order valence-electron chi connectivity index (χ1n) is 6.26. The minimum absolute atomic E-state index is 1.06. The summed E-state index contributed by atoms with van der Waals surface area (Å²) in [5.41, 5.74) is 6.90. The maximum absolute atomic E-state index is 2.30. The molecule has 86 valence electrons. The maximum Gasteiger partial charge on any atom is 0.0452 e. The van der Waals surface area contributed by atoms with E-state index in [0.717, 1.165) is 6.42 Å². The second-order valence-electron chi connectivity index (χ2n) is 4.77. The molecule has 0 atom stereocenters. The average molecular weight is 231 g/mol. The molecular formula is C17H13N. The fraction of sp³-hybridized carbons (Fsp3) is 0.0588. The van der Waals surface area contributed by atoms with Crippen molar-refractivity contribution in [2.75, 3.05) is 0 Å². The van der Waals surface area contributed by atoms with E-state index in [9.17, 15) is 0 Å². The molecule has 0 bridgehead atoms. The lowest BCUT2D eigenvalue weighted by Gasteiger charge is -2.06. The number of benzene rings is 2. The van der Waals surface area contributed by atoms with Crippen LogP contribution in [-0.4, -0.2) is 4.57 Å². The van der Waals surface area contributed by atoms with Crippen LogP contribution in [0.15, 0.2) is 67.0 Å². The number of rotatable bonds is 1. The highest BCUT2D eigenvalue weighted by Crippen LogP contribution is 2.37. The largest absolute Gasteiger partial charge is 0.324 e. The fourth-order valence-electron chi connectivity index (χ4n) is 2.80. The van der Waals surface area contributed by atoms with Gasteiger partial charge in [-0.2, -0.15) is 0 Å². The average Bonchev–Trinajstić information content (AvgIpc) is 3.05. The molecule has 0 radical (unpaired) electrons. The van der Waals surface area contributed by atoms with Gasteiger partial charge >= 0.3 is 0 Å². The molecule has 4 rings (SSSR count). The molecule has 1 heteroatoms. The Labute approximate surface area is 106 Å². The SMILES string of the molecule is c1ccc2c(c1)Cc1cc(-n3cccc3)ccc1-2. The third-order valence-electron chi connectivity index (χ3n) is 3.68. The van der Waals surface area contributed by atoms with Crippen molar-refractivity contribution in [1.82, 2.24) is 4.57 Å². The van der Waals surface area contributed by atoms with Gasteiger partial charge in [-0.1, -0.05) is 30.3 Å². The minimum Gasteiger partial charge on any atom is -0.324 e. The van der Waals surface area contributed by atoms with Gasteiger partial charge in [0.2, 0.25) is 0 Å². The van der Waals surface area contributed by atoms with Crippen molar-refractivity contribution in [2.45, 2.75) is 6.42 Å². The number of nitrogens with zero attached hydrogens (tertiary/aromatic N) is 1. The standard InChI is InChI=1S/C17H13N/c1-2-6-16-13(5-1)11-14-12-15(7-8-17(14)16)18-9-3-4-10-18/h1-10,12H,11H2. The van der Waals surface area contributed by atoms with Crippen LogP contribution in [0.4, 0.5) is 0 Å². The second kappa shape index (κ2) is 3.61. The molecule has 1 aliphatic rings. The molecule has 3 aromatic rings. The Kier molecular flexibility index (Phi) is 1.95. The van der Waals surface area contributed by atoms with Crippen LogP contribution in [0.1, 0.15) is 11.1 Å². The van der Waals surface area contributed by atoms with Crippen LogP contribution in [0.25, 0.3) is 16.8 Å². The van der Waals surface area contributed by atoms with Gasteiger partial charge in [-0.25, -0.2) is 0 Å². The van der Waals surface area contributed by atoms with Crippen LogP contribution >= 0.6 is 0 Å². The predicted octanol–water partition coefficient (Wildman–Crippen LogP) is 4.05. The fourth-order valence-corrected chi connectivity index (χ4v) is 2.80. The lowest BCUT2D eigenvalue weighted by atomic mass is 10.1. The number of fused-ring (bicyclic) bond motifs is 3. The van der Waals surface area contributed by atoms with Crippen LogP contribution in [-0.2, 0) is 6.42 Å². The molecule has 0 saturated carbocycles. The van der Waals surface area contributed by atoms with E-state index in [1.54, 1.807) is 0 Å². The van der Waals surface area contributed by atoms with Gasteiger partial charge in [0.1, 0.15) is 0 Å². The smallest absolute Gasteiger partial charge is 0.0452 e. The van der Waals surface area contributed by atoms with Gasteiger partial charge in [-0.05, 0) is 52.9 Å². The molecule has 0 aliphatic heterocycles. The van der Waals surface area contributed by atoms with Crippen molar-refractivity contribution in [3.8, 4) is 16.8 Å². The first kappa shape index (κ1) is 9.72. The molecule has 1 aromatic heterocycles. The molecule has 0 amide bonds. The van der Waals surface area contributed by atoms with E-state index < -0.39 is 0 Å². The molecule has 2 aromatic carbocycles. The second-order valence-corrected chi connectivity index (χ2v) is 4.77. The number of aromatic nitrogens is 1. The predicted molar refractivity (Wildman–Crippen MR) is 74.0 cm³/mol. The van der Waals surface area contributed by atoms with Crippen molar-refractivity contribution in [2.24, 2.45) is 0 Å². The molecule has 0 unspecified atom stereocenters. The summed E-state index contributed by atoms with van der Waals surface area (Å²) in [6.07, 6.45) is 5.23. The van der Waals surface area contributed by atoms with Crippen LogP contribution in [0, 0.1) is 0 Å². The first-order chi connectivity index (χ1) is 8.92. The number of hydrogen-bond acceptors (Lipinski definition) is 0. The van der Waals surface area contributed by atoms with Crippen LogP contribution in [0.2, 0.25) is 0 Å². The van der Waals surface area contributed by atoms with Crippen LogP contribution in [0.3, 0.4) is 0 Å². The normalized spacial score (nSPS) is 12.2. The maximum atomic E-state index is 2.30.